The van der Waals surface area contributed by atoms with E-state index in [4.69, 9.17) is 0 Å². The fourth-order valence-corrected chi connectivity index (χ4v) is 10.3. The molecular weight excluding hydrogens is 757 g/mol. The van der Waals surface area contributed by atoms with Crippen molar-refractivity contribution in [3.63, 3.8) is 0 Å². The Labute approximate surface area is 381 Å². The van der Waals surface area contributed by atoms with E-state index < -0.39 is 0 Å². The van der Waals surface area contributed by atoms with Gasteiger partial charge >= 0.3 is 0 Å². The van der Waals surface area contributed by atoms with Gasteiger partial charge in [-0.3, -0.25) is 0 Å². The smallest absolute Gasteiger partial charge is 0.123 e. The molecular formula is C59H90O3. The number of phenolic OH excluding ortho intramolecular Hbond substituents is 3. The molecule has 0 fully saturated rings. The first-order valence-corrected chi connectivity index (χ1v) is 23.9. The third-order valence-electron chi connectivity index (χ3n) is 14.2. The molecule has 0 aromatic heterocycles. The highest BCUT2D eigenvalue weighted by Crippen LogP contribution is 2.55. The lowest BCUT2D eigenvalue weighted by Gasteiger charge is -2.47. The van der Waals surface area contributed by atoms with Crippen molar-refractivity contribution in [3.8, 4) is 17.2 Å². The second kappa shape index (κ2) is 17.5. The Morgan fingerprint density at radius 3 is 1.08 bits per heavy atom. The van der Waals surface area contributed by atoms with Crippen molar-refractivity contribution in [2.45, 2.75) is 230 Å². The van der Waals surface area contributed by atoms with Crippen LogP contribution in [0.5, 0.6) is 17.2 Å². The zero-order chi connectivity index (χ0) is 47.5. The van der Waals surface area contributed by atoms with E-state index >= 15 is 0 Å². The molecule has 3 aromatic carbocycles. The number of hydrogen-bond acceptors (Lipinski definition) is 3. The maximum Gasteiger partial charge on any atom is 0.123 e. The zero-order valence-corrected chi connectivity index (χ0v) is 43.8. The summed E-state index contributed by atoms with van der Waals surface area (Å²) in [5, 5.41) is 35.5. The molecule has 2 atom stereocenters. The minimum absolute atomic E-state index is 0.154. The summed E-state index contributed by atoms with van der Waals surface area (Å²) < 4.78 is 0. The quantitative estimate of drug-likeness (QED) is 0.178. The predicted molar refractivity (Wildman–Crippen MR) is 269 cm³/mol. The van der Waals surface area contributed by atoms with Crippen LogP contribution in [0.15, 0.2) is 58.7 Å². The fourth-order valence-electron chi connectivity index (χ4n) is 10.3. The molecule has 1 aliphatic rings. The maximum atomic E-state index is 11.8. The highest BCUT2D eigenvalue weighted by molar-refractivity contribution is 5.57. The first-order chi connectivity index (χ1) is 27.9. The Balaban J connectivity index is 2.15. The lowest BCUT2D eigenvalue weighted by molar-refractivity contribution is 0.228. The molecule has 3 aromatic rings. The van der Waals surface area contributed by atoms with E-state index in [2.05, 4.69) is 189 Å². The second-order valence-electron chi connectivity index (χ2n) is 25.9. The van der Waals surface area contributed by atoms with E-state index in [9.17, 15) is 15.3 Å². The Morgan fingerprint density at radius 1 is 0.468 bits per heavy atom. The zero-order valence-electron chi connectivity index (χ0n) is 43.8. The Hall–Kier alpha value is -3.46. The molecule has 3 nitrogen and oxygen atoms in total. The summed E-state index contributed by atoms with van der Waals surface area (Å²) in [6.07, 6.45) is 7.03. The molecule has 62 heavy (non-hydrogen) atoms. The van der Waals surface area contributed by atoms with Crippen molar-refractivity contribution < 1.29 is 15.3 Å². The largest absolute Gasteiger partial charge is 0.507 e. The van der Waals surface area contributed by atoms with Crippen LogP contribution in [0.3, 0.4) is 0 Å². The van der Waals surface area contributed by atoms with E-state index in [1.807, 2.05) is 0 Å². The molecule has 0 saturated heterocycles. The average molecular weight is 847 g/mol. The molecule has 0 heterocycles. The van der Waals surface area contributed by atoms with Crippen LogP contribution < -0.4 is 0 Å². The highest BCUT2D eigenvalue weighted by Gasteiger charge is 2.44. The summed E-state index contributed by atoms with van der Waals surface area (Å²) in [5.41, 5.74) is 14.0. The van der Waals surface area contributed by atoms with Crippen molar-refractivity contribution in [2.75, 3.05) is 0 Å². The Kier molecular flexibility index (Phi) is 14.4. The maximum absolute atomic E-state index is 11.8. The highest BCUT2D eigenvalue weighted by atomic mass is 16.3. The summed E-state index contributed by atoms with van der Waals surface area (Å²) in [4.78, 5) is 0. The van der Waals surface area contributed by atoms with Crippen LogP contribution >= 0.6 is 0 Å². The predicted octanol–water partition coefficient (Wildman–Crippen LogP) is 16.5. The molecule has 1 aliphatic carbocycles. The minimum atomic E-state index is -0.229. The molecule has 0 bridgehead atoms. The average Bonchev–Trinajstić information content (AvgIpc) is 3.09. The van der Waals surface area contributed by atoms with Crippen LogP contribution in [0.25, 0.3) is 0 Å². The van der Waals surface area contributed by atoms with Crippen molar-refractivity contribution >= 4 is 0 Å². The van der Waals surface area contributed by atoms with Crippen molar-refractivity contribution in [1.82, 2.24) is 0 Å². The van der Waals surface area contributed by atoms with E-state index in [1.54, 1.807) is 0 Å². The fraction of sp³-hybridized carbons (Fsp3) is 0.627. The first-order valence-electron chi connectivity index (χ1n) is 23.9. The van der Waals surface area contributed by atoms with Crippen LogP contribution in [0, 0.1) is 11.3 Å². The molecule has 0 amide bonds. The van der Waals surface area contributed by atoms with E-state index in [1.165, 1.54) is 45.4 Å². The van der Waals surface area contributed by atoms with Crippen molar-refractivity contribution in [3.05, 3.63) is 109 Å². The van der Waals surface area contributed by atoms with E-state index in [0.717, 1.165) is 71.9 Å². The van der Waals surface area contributed by atoms with Gasteiger partial charge < -0.3 is 15.3 Å². The number of phenols is 3. The van der Waals surface area contributed by atoms with Gasteiger partial charge in [0.1, 0.15) is 17.2 Å². The van der Waals surface area contributed by atoms with Crippen LogP contribution in [0.2, 0.25) is 0 Å². The van der Waals surface area contributed by atoms with Gasteiger partial charge in [0.15, 0.2) is 0 Å². The van der Waals surface area contributed by atoms with Gasteiger partial charge in [0.25, 0.3) is 0 Å². The molecule has 3 N–H and O–H groups in total. The molecule has 344 valence electrons. The van der Waals surface area contributed by atoms with E-state index in [-0.39, 0.29) is 43.8 Å². The molecule has 0 saturated carbocycles. The van der Waals surface area contributed by atoms with Crippen LogP contribution in [-0.4, -0.2) is 15.3 Å². The Morgan fingerprint density at radius 2 is 0.774 bits per heavy atom. The normalized spacial score (nSPS) is 18.6. The van der Waals surface area contributed by atoms with Gasteiger partial charge in [-0.05, 0) is 145 Å². The molecule has 0 radical (unpaired) electrons. The van der Waals surface area contributed by atoms with Gasteiger partial charge in [-0.25, -0.2) is 0 Å². The number of rotatable bonds is 10. The number of aromatic hydroxyl groups is 3. The third-order valence-corrected chi connectivity index (χ3v) is 14.2. The van der Waals surface area contributed by atoms with E-state index in [0.29, 0.717) is 17.2 Å². The van der Waals surface area contributed by atoms with Gasteiger partial charge in [-0.2, -0.15) is 0 Å². The van der Waals surface area contributed by atoms with Crippen molar-refractivity contribution in [2.24, 2.45) is 11.3 Å². The topological polar surface area (TPSA) is 60.7 Å². The standard InChI is InChI=1S/C59H90O3/c1-23-24-25-26-59(22)42(28-39-32-46(55(10,11)12)51(61)47(33-39)56(13,14)15)36(2)41(27-38-30-44(53(4,5)6)50(60)45(31-38)54(7,8)9)37(3)43(59)29-40-34-48(57(16,17)18)52(62)49(35-40)58(19,20)21/h30-35,42,60-62H,23-29H2,1-22H3. The van der Waals surface area contributed by atoms with Gasteiger partial charge in [0.2, 0.25) is 0 Å². The number of unbranched alkanes of at least 4 members (excludes halogenated alkanes) is 2. The van der Waals surface area contributed by atoms with Crippen LogP contribution in [0.4, 0.5) is 0 Å². The lowest BCUT2D eigenvalue weighted by Crippen LogP contribution is -2.38. The van der Waals surface area contributed by atoms with Crippen LogP contribution in [-0.2, 0) is 51.8 Å². The third kappa shape index (κ3) is 10.9. The van der Waals surface area contributed by atoms with Gasteiger partial charge in [0.05, 0.1) is 0 Å². The van der Waals surface area contributed by atoms with Crippen LogP contribution in [0.1, 0.15) is 228 Å². The van der Waals surface area contributed by atoms with Gasteiger partial charge in [-0.1, -0.05) is 205 Å². The number of hydrogen-bond donors (Lipinski definition) is 3. The molecule has 3 heteroatoms. The number of benzene rings is 3. The first kappa shape index (κ1) is 51.2. The summed E-state index contributed by atoms with van der Waals surface area (Å²) in [5.74, 6) is 1.49. The van der Waals surface area contributed by atoms with Gasteiger partial charge in [0, 0.05) is 0 Å². The second-order valence-corrected chi connectivity index (χ2v) is 25.9. The lowest BCUT2D eigenvalue weighted by atomic mass is 9.57. The van der Waals surface area contributed by atoms with Crippen molar-refractivity contribution in [1.29, 1.82) is 0 Å². The minimum Gasteiger partial charge on any atom is -0.507 e. The summed E-state index contributed by atoms with van der Waals surface area (Å²) in [6, 6.07) is 13.8. The Bertz CT molecular complexity index is 2070. The summed E-state index contributed by atoms with van der Waals surface area (Å²) in [7, 11) is 0. The molecule has 2 unspecified atom stereocenters. The molecule has 0 aliphatic heterocycles. The van der Waals surface area contributed by atoms with Gasteiger partial charge in [-0.15, -0.1) is 0 Å². The monoisotopic (exact) mass is 847 g/mol. The number of allylic oxidation sites excluding steroid dienone is 4. The SMILES string of the molecule is CCCCCC1(C)C(Cc2cc(C(C)(C)C)c(O)c(C(C)(C)C)c2)=C(C)C(Cc2cc(C(C)(C)C)c(O)c(C(C)(C)C)c2)=C(C)C1Cc1cc(C(C)(C)C)c(O)c(C(C)(C)C)c1. The summed E-state index contributed by atoms with van der Waals surface area (Å²) >= 11 is 0. The molecule has 4 rings (SSSR count). The summed E-state index contributed by atoms with van der Waals surface area (Å²) in [6.45, 7) is 49.5. The molecule has 0 spiro atoms.